The van der Waals surface area contributed by atoms with Crippen molar-refractivity contribution in [2.45, 2.75) is 38.9 Å². The number of carboxylic acids is 1. The first-order chi connectivity index (χ1) is 15.5. The highest BCUT2D eigenvalue weighted by molar-refractivity contribution is 5.87. The van der Waals surface area contributed by atoms with Gasteiger partial charge in [0.2, 0.25) is 0 Å². The first kappa shape index (κ1) is 21.0. The van der Waals surface area contributed by atoms with Crippen LogP contribution in [0.2, 0.25) is 0 Å². The average molecular weight is 436 g/mol. The van der Waals surface area contributed by atoms with Crippen LogP contribution in [0.3, 0.4) is 0 Å². The molecule has 2 aromatic carbocycles. The monoisotopic (exact) mass is 435 g/mol. The summed E-state index contributed by atoms with van der Waals surface area (Å²) in [5, 5.41) is 19.1. The van der Waals surface area contributed by atoms with Gasteiger partial charge in [0.15, 0.2) is 0 Å². The minimum atomic E-state index is -0.654. The molecule has 32 heavy (non-hydrogen) atoms. The standard InChI is InChI=1S/C26H29NO5/c1-31-20-3-5-21-19(13-20)15-32-23-12-17(14-28)2-4-22(23)24(21)18-6-10-27(11-7-18)16-26(8-9-26)25(29)30/h2-5,12-13,28H,6-11,14-16H2,1H3,(H,29,30). The number of piperidine rings is 1. The molecule has 6 heteroatoms. The molecule has 6 nitrogen and oxygen atoms in total. The Balaban J connectivity index is 1.51. The second-order valence-electron chi connectivity index (χ2n) is 9.14. The van der Waals surface area contributed by atoms with E-state index in [0.717, 1.165) is 72.5 Å². The highest BCUT2D eigenvalue weighted by Gasteiger charge is 2.51. The second kappa shape index (κ2) is 8.26. The van der Waals surface area contributed by atoms with Crippen LogP contribution in [-0.2, 0) is 18.0 Å². The molecule has 3 aliphatic rings. The van der Waals surface area contributed by atoms with E-state index < -0.39 is 11.4 Å². The predicted molar refractivity (Wildman–Crippen MR) is 121 cm³/mol. The smallest absolute Gasteiger partial charge is 0.310 e. The lowest BCUT2D eigenvalue weighted by Gasteiger charge is -2.32. The topological polar surface area (TPSA) is 79.2 Å². The molecule has 0 amide bonds. The summed E-state index contributed by atoms with van der Waals surface area (Å²) < 4.78 is 11.6. The summed E-state index contributed by atoms with van der Waals surface area (Å²) in [4.78, 5) is 13.9. The SMILES string of the molecule is COc1ccc2c(c1)COc1cc(CO)ccc1C2=C1CCN(CC2(C(=O)O)CC2)CC1. The lowest BCUT2D eigenvalue weighted by Crippen LogP contribution is -2.38. The molecule has 2 aliphatic heterocycles. The van der Waals surface area contributed by atoms with E-state index in [4.69, 9.17) is 9.47 Å². The van der Waals surface area contributed by atoms with Crippen molar-refractivity contribution in [3.63, 3.8) is 0 Å². The van der Waals surface area contributed by atoms with Gasteiger partial charge in [-0.1, -0.05) is 23.8 Å². The number of likely N-dealkylation sites (tertiary alicyclic amines) is 1. The first-order valence-corrected chi connectivity index (χ1v) is 11.2. The highest BCUT2D eigenvalue weighted by Crippen LogP contribution is 2.47. The Morgan fingerprint density at radius 2 is 1.88 bits per heavy atom. The molecular weight excluding hydrogens is 406 g/mol. The molecule has 2 aromatic rings. The molecule has 0 radical (unpaired) electrons. The van der Waals surface area contributed by atoms with Crippen molar-refractivity contribution in [2.24, 2.45) is 5.41 Å². The Labute approximate surface area is 188 Å². The molecule has 5 rings (SSSR count). The molecule has 1 aliphatic carbocycles. The van der Waals surface area contributed by atoms with E-state index in [0.29, 0.717) is 13.2 Å². The van der Waals surface area contributed by atoms with Crippen molar-refractivity contribution < 1.29 is 24.5 Å². The summed E-state index contributed by atoms with van der Waals surface area (Å²) in [7, 11) is 1.67. The molecule has 0 atom stereocenters. The molecule has 0 spiro atoms. The maximum atomic E-state index is 11.6. The van der Waals surface area contributed by atoms with Crippen molar-refractivity contribution >= 4 is 11.5 Å². The number of ether oxygens (including phenoxy) is 2. The van der Waals surface area contributed by atoms with Crippen LogP contribution >= 0.6 is 0 Å². The highest BCUT2D eigenvalue weighted by atomic mass is 16.5. The number of rotatable bonds is 5. The summed E-state index contributed by atoms with van der Waals surface area (Å²) in [6.07, 6.45) is 3.38. The number of hydrogen-bond donors (Lipinski definition) is 2. The number of fused-ring (bicyclic) bond motifs is 2. The van der Waals surface area contributed by atoms with E-state index in [1.54, 1.807) is 7.11 Å². The molecule has 0 unspecified atom stereocenters. The molecule has 2 fully saturated rings. The lowest BCUT2D eigenvalue weighted by molar-refractivity contribution is -0.144. The number of methoxy groups -OCH3 is 1. The first-order valence-electron chi connectivity index (χ1n) is 11.2. The van der Waals surface area contributed by atoms with Gasteiger partial charge in [-0.3, -0.25) is 4.79 Å². The van der Waals surface area contributed by atoms with Crippen molar-refractivity contribution in [3.05, 3.63) is 64.2 Å². The number of aliphatic carboxylic acids is 1. The fourth-order valence-corrected chi connectivity index (χ4v) is 4.98. The van der Waals surface area contributed by atoms with Crippen LogP contribution in [0.5, 0.6) is 11.5 Å². The fraction of sp³-hybridized carbons (Fsp3) is 0.423. The zero-order valence-electron chi connectivity index (χ0n) is 18.4. The molecule has 0 aromatic heterocycles. The minimum absolute atomic E-state index is 0.0242. The molecule has 168 valence electrons. The maximum Gasteiger partial charge on any atom is 0.310 e. The fourth-order valence-electron chi connectivity index (χ4n) is 4.98. The summed E-state index contributed by atoms with van der Waals surface area (Å²) in [5.74, 6) is 0.940. The van der Waals surface area contributed by atoms with Gasteiger partial charge in [-0.15, -0.1) is 0 Å². The van der Waals surface area contributed by atoms with Crippen LogP contribution in [0, 0.1) is 5.41 Å². The normalized spacial score (nSPS) is 19.4. The van der Waals surface area contributed by atoms with Gasteiger partial charge < -0.3 is 24.6 Å². The Bertz CT molecular complexity index is 1020. The van der Waals surface area contributed by atoms with E-state index in [9.17, 15) is 15.0 Å². The minimum Gasteiger partial charge on any atom is -0.497 e. The number of carboxylic acid groups (broad SMARTS) is 1. The predicted octanol–water partition coefficient (Wildman–Crippen LogP) is 3.84. The lowest BCUT2D eigenvalue weighted by atomic mass is 9.86. The van der Waals surface area contributed by atoms with E-state index in [1.165, 1.54) is 11.1 Å². The number of aliphatic hydroxyl groups excluding tert-OH is 1. The van der Waals surface area contributed by atoms with Crippen molar-refractivity contribution in [3.8, 4) is 11.5 Å². The van der Waals surface area contributed by atoms with Crippen LogP contribution in [0.25, 0.3) is 5.57 Å². The van der Waals surface area contributed by atoms with Crippen molar-refractivity contribution in [2.75, 3.05) is 26.7 Å². The van der Waals surface area contributed by atoms with Crippen LogP contribution < -0.4 is 9.47 Å². The summed E-state index contributed by atoms with van der Waals surface area (Å²) in [5.41, 5.74) is 6.19. The van der Waals surface area contributed by atoms with E-state index >= 15 is 0 Å². The summed E-state index contributed by atoms with van der Waals surface area (Å²) >= 11 is 0. The van der Waals surface area contributed by atoms with Gasteiger partial charge in [-0.25, -0.2) is 0 Å². The van der Waals surface area contributed by atoms with E-state index in [2.05, 4.69) is 17.0 Å². The summed E-state index contributed by atoms with van der Waals surface area (Å²) in [6.45, 7) is 2.80. The third-order valence-electron chi connectivity index (χ3n) is 7.11. The molecule has 1 saturated carbocycles. The van der Waals surface area contributed by atoms with Crippen molar-refractivity contribution in [1.29, 1.82) is 0 Å². The Hall–Kier alpha value is -2.83. The Kier molecular flexibility index (Phi) is 5.43. The second-order valence-corrected chi connectivity index (χ2v) is 9.14. The van der Waals surface area contributed by atoms with Gasteiger partial charge in [0, 0.05) is 30.8 Å². The Morgan fingerprint density at radius 3 is 2.53 bits per heavy atom. The van der Waals surface area contributed by atoms with Crippen LogP contribution in [0.1, 0.15) is 47.9 Å². The van der Waals surface area contributed by atoms with Gasteiger partial charge in [0.25, 0.3) is 0 Å². The third kappa shape index (κ3) is 3.78. The zero-order valence-corrected chi connectivity index (χ0v) is 18.4. The van der Waals surface area contributed by atoms with Crippen molar-refractivity contribution in [1.82, 2.24) is 4.90 Å². The number of nitrogens with zero attached hydrogens (tertiary/aromatic N) is 1. The van der Waals surface area contributed by atoms with Gasteiger partial charge in [0.05, 0.1) is 19.1 Å². The number of benzene rings is 2. The molecule has 2 heterocycles. The average Bonchev–Trinajstić information content (AvgIpc) is 3.62. The quantitative estimate of drug-likeness (QED) is 0.743. The number of hydrogen-bond acceptors (Lipinski definition) is 5. The van der Waals surface area contributed by atoms with Gasteiger partial charge in [-0.05, 0) is 60.6 Å². The number of carbonyl (C=O) groups is 1. The Morgan fingerprint density at radius 1 is 1.12 bits per heavy atom. The van der Waals surface area contributed by atoms with Crippen LogP contribution in [0.4, 0.5) is 0 Å². The number of aliphatic hydroxyl groups is 1. The summed E-state index contributed by atoms with van der Waals surface area (Å²) in [6, 6.07) is 12.1. The van der Waals surface area contributed by atoms with E-state index in [1.807, 2.05) is 24.3 Å². The largest absolute Gasteiger partial charge is 0.497 e. The van der Waals surface area contributed by atoms with Crippen LogP contribution in [0.15, 0.2) is 42.0 Å². The van der Waals surface area contributed by atoms with Crippen LogP contribution in [-0.4, -0.2) is 47.8 Å². The van der Waals surface area contributed by atoms with Gasteiger partial charge in [-0.2, -0.15) is 0 Å². The van der Waals surface area contributed by atoms with Gasteiger partial charge in [0.1, 0.15) is 18.1 Å². The van der Waals surface area contributed by atoms with Gasteiger partial charge >= 0.3 is 5.97 Å². The molecule has 2 N–H and O–H groups in total. The molecule has 1 saturated heterocycles. The maximum absolute atomic E-state index is 11.6. The zero-order chi connectivity index (χ0) is 22.3. The van der Waals surface area contributed by atoms with E-state index in [-0.39, 0.29) is 6.61 Å². The molecular formula is C26H29NO5. The molecule has 0 bridgehead atoms. The third-order valence-corrected chi connectivity index (χ3v) is 7.11.